The summed E-state index contributed by atoms with van der Waals surface area (Å²) in [6, 6.07) is 11.9. The topological polar surface area (TPSA) is 3.24 Å². The molecule has 0 saturated carbocycles. The number of hydrogen-bond acceptors (Lipinski definition) is 1. The third-order valence-corrected chi connectivity index (χ3v) is 22.0. The first-order valence-corrected chi connectivity index (χ1v) is 21.1. The van der Waals surface area contributed by atoms with E-state index in [1.54, 1.807) is 13.3 Å². The van der Waals surface area contributed by atoms with E-state index in [0.29, 0.717) is 6.04 Å². The van der Waals surface area contributed by atoms with Gasteiger partial charge in [-0.3, -0.25) is 0 Å². The molecule has 0 aromatic heterocycles. The average molecular weight is 520 g/mol. The van der Waals surface area contributed by atoms with Crippen LogP contribution < -0.4 is 0 Å². The Morgan fingerprint density at radius 3 is 1.83 bits per heavy atom. The predicted molar refractivity (Wildman–Crippen MR) is 140 cm³/mol. The zero-order valence-electron chi connectivity index (χ0n) is 20.8. The third-order valence-electron chi connectivity index (χ3n) is 6.80. The van der Waals surface area contributed by atoms with Crippen molar-refractivity contribution in [2.45, 2.75) is 118 Å². The Labute approximate surface area is 193 Å². The van der Waals surface area contributed by atoms with E-state index in [1.807, 2.05) is 0 Å². The minimum atomic E-state index is -2.23. The van der Waals surface area contributed by atoms with Crippen molar-refractivity contribution in [3.05, 3.63) is 48.6 Å². The molecule has 0 aliphatic carbocycles. The summed E-state index contributed by atoms with van der Waals surface area (Å²) >= 11 is -2.23. The van der Waals surface area contributed by atoms with Crippen LogP contribution in [0.3, 0.4) is 0 Å². The van der Waals surface area contributed by atoms with Crippen LogP contribution in [0, 0.1) is 0 Å². The van der Waals surface area contributed by atoms with Crippen molar-refractivity contribution in [2.75, 3.05) is 4.56 Å². The van der Waals surface area contributed by atoms with Crippen molar-refractivity contribution in [1.82, 2.24) is 4.90 Å². The van der Waals surface area contributed by atoms with E-state index in [2.05, 4.69) is 75.6 Å². The first-order chi connectivity index (χ1) is 14.6. The van der Waals surface area contributed by atoms with Gasteiger partial charge in [-0.1, -0.05) is 0 Å². The first-order valence-electron chi connectivity index (χ1n) is 13.0. The molecule has 1 nitrogen and oxygen atoms in total. The molecular weight excluding hydrogens is 469 g/mol. The van der Waals surface area contributed by atoms with Crippen molar-refractivity contribution >= 4 is 18.4 Å². The van der Waals surface area contributed by atoms with Crippen molar-refractivity contribution in [2.24, 2.45) is 0 Å². The summed E-state index contributed by atoms with van der Waals surface area (Å²) < 4.78 is 6.27. The summed E-state index contributed by atoms with van der Waals surface area (Å²) in [7, 11) is 0. The SMILES string of the molecule is C=CCC(CCCC)N(Cc1ccccc1)[CH2][Sn]([CH2]CCC)([CH2]CCC)[CH2]CCC. The van der Waals surface area contributed by atoms with E-state index < -0.39 is 18.4 Å². The molecule has 0 heterocycles. The third kappa shape index (κ3) is 10.8. The number of hydrogen-bond donors (Lipinski definition) is 0. The van der Waals surface area contributed by atoms with Crippen LogP contribution in [0.5, 0.6) is 0 Å². The molecule has 0 aliphatic heterocycles. The van der Waals surface area contributed by atoms with Gasteiger partial charge in [-0.2, -0.15) is 0 Å². The Hall–Kier alpha value is -0.281. The van der Waals surface area contributed by atoms with E-state index in [-0.39, 0.29) is 0 Å². The van der Waals surface area contributed by atoms with Gasteiger partial charge in [-0.05, 0) is 0 Å². The van der Waals surface area contributed by atoms with Gasteiger partial charge >= 0.3 is 194 Å². The summed E-state index contributed by atoms with van der Waals surface area (Å²) in [6.45, 7) is 14.8. The molecule has 0 bridgehead atoms. The van der Waals surface area contributed by atoms with E-state index in [0.717, 1.165) is 13.0 Å². The summed E-state index contributed by atoms with van der Waals surface area (Å²) in [6.07, 6.45) is 15.8. The van der Waals surface area contributed by atoms with Crippen molar-refractivity contribution in [1.29, 1.82) is 0 Å². The van der Waals surface area contributed by atoms with Crippen LogP contribution in [0.4, 0.5) is 0 Å². The number of unbranched alkanes of at least 4 members (excludes halogenated alkanes) is 4. The molecule has 0 aliphatic rings. The predicted octanol–water partition coefficient (Wildman–Crippen LogP) is 9.01. The van der Waals surface area contributed by atoms with Gasteiger partial charge in [0, 0.05) is 0 Å². The second-order valence-electron chi connectivity index (χ2n) is 9.52. The number of benzene rings is 1. The van der Waals surface area contributed by atoms with Crippen molar-refractivity contribution < 1.29 is 0 Å². The molecule has 0 spiro atoms. The van der Waals surface area contributed by atoms with Crippen LogP contribution >= 0.6 is 0 Å². The first kappa shape index (κ1) is 27.8. The molecule has 1 aromatic carbocycles. The van der Waals surface area contributed by atoms with Gasteiger partial charge in [0.25, 0.3) is 0 Å². The van der Waals surface area contributed by atoms with Crippen LogP contribution in [-0.4, -0.2) is 33.9 Å². The summed E-state index contributed by atoms with van der Waals surface area (Å²) in [5, 5.41) is 0. The number of nitrogens with zero attached hydrogens (tertiary/aromatic N) is 1. The molecule has 1 unspecified atom stereocenters. The van der Waals surface area contributed by atoms with Crippen molar-refractivity contribution in [3.8, 4) is 0 Å². The van der Waals surface area contributed by atoms with Crippen LogP contribution in [0.15, 0.2) is 43.0 Å². The molecule has 1 atom stereocenters. The van der Waals surface area contributed by atoms with Crippen molar-refractivity contribution in [3.63, 3.8) is 0 Å². The summed E-state index contributed by atoms with van der Waals surface area (Å²) in [4.78, 5) is 2.95. The maximum absolute atomic E-state index is 4.13. The Balaban J connectivity index is 3.19. The van der Waals surface area contributed by atoms with E-state index in [4.69, 9.17) is 0 Å². The zero-order chi connectivity index (χ0) is 22.1. The Bertz CT molecular complexity index is 505. The average Bonchev–Trinajstić information content (AvgIpc) is 2.77. The number of rotatable bonds is 19. The van der Waals surface area contributed by atoms with Crippen LogP contribution in [0.2, 0.25) is 13.3 Å². The second kappa shape index (κ2) is 17.3. The molecular formula is C28H51NSn. The molecule has 0 radical (unpaired) electrons. The van der Waals surface area contributed by atoms with E-state index in [1.165, 1.54) is 67.9 Å². The quantitative estimate of drug-likeness (QED) is 0.130. The molecule has 0 saturated heterocycles. The minimum absolute atomic E-state index is 0.670. The fourth-order valence-corrected chi connectivity index (χ4v) is 21.4. The fraction of sp³-hybridized carbons (Fsp3) is 0.714. The standard InChI is InChI=1S/C16H24N.3C4H9.Sn/c1-4-6-13-16(10-5-2)17(3)14-15-11-8-7-9-12-15;3*1-3-4-2;/h5,7-9,11-12,16H,2-4,6,10,13-14H2,1H3;3*1,3-4H2,2H3;. The zero-order valence-corrected chi connectivity index (χ0v) is 23.7. The second-order valence-corrected chi connectivity index (χ2v) is 23.3. The molecule has 0 fully saturated rings. The molecule has 0 N–H and O–H groups in total. The molecule has 172 valence electrons. The van der Waals surface area contributed by atoms with E-state index in [9.17, 15) is 0 Å². The van der Waals surface area contributed by atoms with Crippen LogP contribution in [0.1, 0.15) is 97.5 Å². The Morgan fingerprint density at radius 1 is 0.833 bits per heavy atom. The molecule has 1 aromatic rings. The molecule has 2 heteroatoms. The van der Waals surface area contributed by atoms with E-state index >= 15 is 0 Å². The maximum atomic E-state index is 4.13. The molecule has 1 rings (SSSR count). The Kier molecular flexibility index (Phi) is 16.0. The van der Waals surface area contributed by atoms with Gasteiger partial charge in [0.1, 0.15) is 0 Å². The van der Waals surface area contributed by atoms with Gasteiger partial charge in [-0.15, -0.1) is 0 Å². The van der Waals surface area contributed by atoms with Crippen LogP contribution in [0.25, 0.3) is 0 Å². The molecule has 30 heavy (non-hydrogen) atoms. The summed E-state index contributed by atoms with van der Waals surface area (Å²) in [5.41, 5.74) is 1.49. The van der Waals surface area contributed by atoms with Gasteiger partial charge in [0.05, 0.1) is 0 Å². The normalized spacial score (nSPS) is 13.0. The summed E-state index contributed by atoms with van der Waals surface area (Å²) in [5.74, 6) is 0. The molecule has 0 amide bonds. The van der Waals surface area contributed by atoms with Gasteiger partial charge < -0.3 is 0 Å². The van der Waals surface area contributed by atoms with Crippen LogP contribution in [-0.2, 0) is 6.54 Å². The van der Waals surface area contributed by atoms with Gasteiger partial charge in [-0.25, -0.2) is 0 Å². The Morgan fingerprint density at radius 2 is 1.37 bits per heavy atom. The monoisotopic (exact) mass is 521 g/mol. The fourth-order valence-electron chi connectivity index (χ4n) is 4.91. The van der Waals surface area contributed by atoms with Gasteiger partial charge in [0.2, 0.25) is 0 Å². The van der Waals surface area contributed by atoms with Gasteiger partial charge in [0.15, 0.2) is 0 Å².